The fraction of sp³-hybridized carbons (Fsp3) is 0.105. The van der Waals surface area contributed by atoms with Crippen LogP contribution in [0.15, 0.2) is 60.7 Å². The Morgan fingerprint density at radius 1 is 1.00 bits per heavy atom. The molecule has 0 radical (unpaired) electrons. The topological polar surface area (TPSA) is 81.9 Å². The van der Waals surface area contributed by atoms with Crippen LogP contribution in [0, 0.1) is 5.41 Å². The first-order valence-electron chi connectivity index (χ1n) is 7.83. The number of hydrogen-bond donors (Lipinski definition) is 3. The average Bonchev–Trinajstić information content (AvgIpc) is 2.67. The third-order valence-electron chi connectivity index (χ3n) is 3.68. The quantitative estimate of drug-likeness (QED) is 0.592. The molecule has 1 aromatic heterocycles. The Kier molecular flexibility index (Phi) is 5.38. The highest BCUT2D eigenvalue weighted by Gasteiger charge is 2.20. The van der Waals surface area contributed by atoms with Gasteiger partial charge in [0.05, 0.1) is 22.9 Å². The summed E-state index contributed by atoms with van der Waals surface area (Å²) in [6, 6.07) is 18.8. The van der Waals surface area contributed by atoms with E-state index < -0.39 is 0 Å². The van der Waals surface area contributed by atoms with Gasteiger partial charge in [-0.3, -0.25) is 5.41 Å². The van der Waals surface area contributed by atoms with Crippen LogP contribution in [0.3, 0.4) is 0 Å². The lowest BCUT2D eigenvalue weighted by atomic mass is 10.0. The van der Waals surface area contributed by atoms with Crippen molar-refractivity contribution in [3.63, 3.8) is 0 Å². The summed E-state index contributed by atoms with van der Waals surface area (Å²) in [4.78, 5) is 0. The first-order valence-corrected chi connectivity index (χ1v) is 8.21. The molecule has 3 N–H and O–H groups in total. The van der Waals surface area contributed by atoms with Crippen molar-refractivity contribution in [1.82, 2.24) is 10.2 Å². The summed E-state index contributed by atoms with van der Waals surface area (Å²) in [5.41, 5.74) is 2.79. The van der Waals surface area contributed by atoms with Gasteiger partial charge in [-0.2, -0.15) is 0 Å². The predicted octanol–water partition coefficient (Wildman–Crippen LogP) is 3.62. The summed E-state index contributed by atoms with van der Waals surface area (Å²) in [7, 11) is 0. The molecule has 25 heavy (non-hydrogen) atoms. The van der Waals surface area contributed by atoms with Crippen molar-refractivity contribution >= 4 is 23.1 Å². The maximum absolute atomic E-state index is 9.08. The van der Waals surface area contributed by atoms with E-state index >= 15 is 0 Å². The van der Waals surface area contributed by atoms with E-state index in [4.69, 9.17) is 22.1 Å². The van der Waals surface area contributed by atoms with Crippen molar-refractivity contribution < 1.29 is 5.11 Å². The van der Waals surface area contributed by atoms with Crippen LogP contribution in [-0.2, 0) is 0 Å². The van der Waals surface area contributed by atoms with Crippen LogP contribution in [0.5, 0.6) is 0 Å². The number of nitrogens with one attached hydrogen (secondary N) is 2. The van der Waals surface area contributed by atoms with Crippen LogP contribution in [0.1, 0.15) is 11.1 Å². The molecule has 0 fully saturated rings. The van der Waals surface area contributed by atoms with E-state index in [9.17, 15) is 0 Å². The van der Waals surface area contributed by atoms with E-state index in [0.717, 1.165) is 11.1 Å². The number of halogens is 1. The van der Waals surface area contributed by atoms with Crippen LogP contribution < -0.4 is 5.32 Å². The van der Waals surface area contributed by atoms with E-state index in [1.807, 2.05) is 60.7 Å². The molecule has 2 aromatic carbocycles. The van der Waals surface area contributed by atoms with Crippen LogP contribution in [-0.4, -0.2) is 34.2 Å². The predicted molar refractivity (Wildman–Crippen MR) is 100 cm³/mol. The first-order chi connectivity index (χ1) is 12.2. The van der Waals surface area contributed by atoms with Gasteiger partial charge in [-0.25, -0.2) is 0 Å². The molecular formula is C19H17ClN4O. The van der Waals surface area contributed by atoms with Crippen molar-refractivity contribution in [1.29, 1.82) is 5.41 Å². The number of nitrogens with zero attached hydrogens (tertiary/aromatic N) is 2. The standard InChI is InChI=1S/C19H17ClN4O/c20-16-15(17(21)13-7-3-1-4-8-13)19(22-11-12-25)24-23-18(16)14-9-5-2-6-10-14/h1-10,21,25H,11-12H2,(H,22,24). The molecule has 0 aliphatic carbocycles. The van der Waals surface area contributed by atoms with Crippen LogP contribution in [0.4, 0.5) is 5.82 Å². The van der Waals surface area contributed by atoms with Crippen molar-refractivity contribution in [3.05, 3.63) is 76.8 Å². The van der Waals surface area contributed by atoms with E-state index in [0.29, 0.717) is 28.6 Å². The molecule has 0 bridgehead atoms. The van der Waals surface area contributed by atoms with E-state index in [2.05, 4.69) is 15.5 Å². The molecule has 3 aromatic rings. The van der Waals surface area contributed by atoms with Gasteiger partial charge in [-0.15, -0.1) is 10.2 Å². The molecule has 5 nitrogen and oxygen atoms in total. The highest BCUT2D eigenvalue weighted by Crippen LogP contribution is 2.33. The van der Waals surface area contributed by atoms with Gasteiger partial charge < -0.3 is 10.4 Å². The van der Waals surface area contributed by atoms with Crippen molar-refractivity contribution in [2.75, 3.05) is 18.5 Å². The third kappa shape index (κ3) is 3.68. The first kappa shape index (κ1) is 17.1. The number of anilines is 1. The Balaban J connectivity index is 2.13. The van der Waals surface area contributed by atoms with Gasteiger partial charge >= 0.3 is 0 Å². The van der Waals surface area contributed by atoms with Gasteiger partial charge in [-0.05, 0) is 0 Å². The Bertz CT molecular complexity index is 869. The zero-order valence-electron chi connectivity index (χ0n) is 13.4. The normalized spacial score (nSPS) is 10.5. The van der Waals surface area contributed by atoms with E-state index in [1.165, 1.54) is 0 Å². The summed E-state index contributed by atoms with van der Waals surface area (Å²) in [6.07, 6.45) is 0. The van der Waals surface area contributed by atoms with Gasteiger partial charge in [0.2, 0.25) is 0 Å². The molecule has 0 amide bonds. The smallest absolute Gasteiger partial charge is 0.159 e. The molecule has 0 saturated carbocycles. The van der Waals surface area contributed by atoms with Crippen molar-refractivity contribution in [3.8, 4) is 11.3 Å². The van der Waals surface area contributed by atoms with E-state index in [-0.39, 0.29) is 12.3 Å². The maximum atomic E-state index is 9.08. The fourth-order valence-electron chi connectivity index (χ4n) is 2.47. The van der Waals surface area contributed by atoms with Crippen LogP contribution in [0.2, 0.25) is 5.02 Å². The van der Waals surface area contributed by atoms with Gasteiger partial charge in [0.15, 0.2) is 5.82 Å². The zero-order valence-corrected chi connectivity index (χ0v) is 14.2. The maximum Gasteiger partial charge on any atom is 0.159 e. The Hall–Kier alpha value is -2.76. The van der Waals surface area contributed by atoms with Gasteiger partial charge in [0.25, 0.3) is 0 Å². The molecule has 0 aliphatic heterocycles. The molecule has 6 heteroatoms. The third-order valence-corrected chi connectivity index (χ3v) is 4.05. The summed E-state index contributed by atoms with van der Waals surface area (Å²) >= 11 is 6.63. The molecule has 0 atom stereocenters. The Labute approximate surface area is 150 Å². The van der Waals surface area contributed by atoms with Crippen LogP contribution in [0.25, 0.3) is 11.3 Å². The minimum atomic E-state index is -0.0577. The second-order valence-electron chi connectivity index (χ2n) is 5.34. The highest BCUT2D eigenvalue weighted by molar-refractivity contribution is 6.38. The lowest BCUT2D eigenvalue weighted by molar-refractivity contribution is 0.311. The molecule has 0 saturated heterocycles. The van der Waals surface area contributed by atoms with Crippen molar-refractivity contribution in [2.45, 2.75) is 0 Å². The van der Waals surface area contributed by atoms with Crippen molar-refractivity contribution in [2.24, 2.45) is 0 Å². The molecule has 0 aliphatic rings. The van der Waals surface area contributed by atoms with Gasteiger partial charge in [0.1, 0.15) is 5.69 Å². The lowest BCUT2D eigenvalue weighted by Gasteiger charge is -2.15. The molecule has 1 heterocycles. The summed E-state index contributed by atoms with van der Waals surface area (Å²) in [6.45, 7) is 0.239. The number of aliphatic hydroxyl groups is 1. The summed E-state index contributed by atoms with van der Waals surface area (Å²) in [5.74, 6) is 0.382. The SMILES string of the molecule is N=C(c1ccccc1)c1c(NCCO)nnc(-c2ccccc2)c1Cl. The number of aliphatic hydroxyl groups excluding tert-OH is 1. The van der Waals surface area contributed by atoms with Gasteiger partial charge in [0, 0.05) is 17.7 Å². The zero-order chi connectivity index (χ0) is 17.6. The highest BCUT2D eigenvalue weighted by atomic mass is 35.5. The number of benzene rings is 2. The number of hydrogen-bond acceptors (Lipinski definition) is 5. The lowest BCUT2D eigenvalue weighted by Crippen LogP contribution is -2.15. The van der Waals surface area contributed by atoms with Crippen LogP contribution >= 0.6 is 11.6 Å². The second-order valence-corrected chi connectivity index (χ2v) is 5.72. The Morgan fingerprint density at radius 2 is 1.64 bits per heavy atom. The number of rotatable bonds is 6. The molecule has 126 valence electrons. The fourth-order valence-corrected chi connectivity index (χ4v) is 2.80. The largest absolute Gasteiger partial charge is 0.395 e. The van der Waals surface area contributed by atoms with Gasteiger partial charge in [-0.1, -0.05) is 72.3 Å². The molecule has 0 unspecified atom stereocenters. The minimum Gasteiger partial charge on any atom is -0.395 e. The molecule has 3 rings (SSSR count). The molecule has 0 spiro atoms. The summed E-state index contributed by atoms with van der Waals surface area (Å²) < 4.78 is 0. The second kappa shape index (κ2) is 7.88. The Morgan fingerprint density at radius 3 is 2.28 bits per heavy atom. The minimum absolute atomic E-state index is 0.0577. The monoisotopic (exact) mass is 352 g/mol. The van der Waals surface area contributed by atoms with E-state index in [1.54, 1.807) is 0 Å². The summed E-state index contributed by atoms with van der Waals surface area (Å²) in [5, 5.41) is 29.4. The number of aromatic nitrogens is 2. The average molecular weight is 353 g/mol. The molecular weight excluding hydrogens is 336 g/mol.